The largest absolute Gasteiger partial charge is 0.485 e. The zero-order chi connectivity index (χ0) is 13.1. The summed E-state index contributed by atoms with van der Waals surface area (Å²) in [5.41, 5.74) is 0.782. The third kappa shape index (κ3) is 3.70. The Kier molecular flexibility index (Phi) is 5.06. The van der Waals surface area contributed by atoms with Crippen LogP contribution >= 0.6 is 59.4 Å². The highest BCUT2D eigenvalue weighted by atomic mass is 79.9. The van der Waals surface area contributed by atoms with Crippen molar-refractivity contribution in [1.82, 2.24) is 4.98 Å². The first-order chi connectivity index (χ1) is 8.56. The van der Waals surface area contributed by atoms with Crippen LogP contribution in [0.25, 0.3) is 0 Å². The molecule has 0 bridgehead atoms. The van der Waals surface area contributed by atoms with Crippen molar-refractivity contribution in [3.63, 3.8) is 0 Å². The van der Waals surface area contributed by atoms with Gasteiger partial charge in [-0.3, -0.25) is 4.98 Å². The summed E-state index contributed by atoms with van der Waals surface area (Å²) >= 11 is 16.2. The maximum Gasteiger partial charge on any atom is 0.148 e. The molecule has 94 valence electrons. The fourth-order valence-corrected chi connectivity index (χ4v) is 4.01. The predicted octanol–water partition coefficient (Wildman–Crippen LogP) is 5.60. The van der Waals surface area contributed by atoms with E-state index in [1.807, 2.05) is 12.1 Å². The molecule has 0 saturated carbocycles. The Balaban J connectivity index is 2.16. The molecule has 0 amide bonds. The molecule has 6 heteroatoms. The Hall–Kier alpha value is -0.100. The van der Waals surface area contributed by atoms with Crippen LogP contribution in [0.4, 0.5) is 0 Å². The number of benzene rings is 1. The molecule has 0 aliphatic carbocycles. The molecule has 0 saturated heterocycles. The molecule has 2 rings (SSSR count). The molecule has 0 atom stereocenters. The van der Waals surface area contributed by atoms with Crippen molar-refractivity contribution in [2.75, 3.05) is 0 Å². The maximum atomic E-state index is 5.89. The highest BCUT2D eigenvalue weighted by molar-refractivity contribution is 9.11. The molecule has 1 aromatic carbocycles. The number of pyridine rings is 1. The molecule has 0 aliphatic rings. The summed E-state index contributed by atoms with van der Waals surface area (Å²) in [7, 11) is 0. The van der Waals surface area contributed by atoms with Gasteiger partial charge in [-0.2, -0.15) is 0 Å². The van der Waals surface area contributed by atoms with Gasteiger partial charge in [0.15, 0.2) is 0 Å². The molecular weight excluding hydrogens is 449 g/mol. The van der Waals surface area contributed by atoms with Gasteiger partial charge in [-0.25, -0.2) is 0 Å². The van der Waals surface area contributed by atoms with Crippen molar-refractivity contribution in [2.24, 2.45) is 0 Å². The van der Waals surface area contributed by atoms with Gasteiger partial charge in [-0.15, -0.1) is 0 Å². The highest BCUT2D eigenvalue weighted by Gasteiger charge is 2.08. The standard InChI is InChI=1S/C12H7Br3ClNO/c13-7-3-10(14)12(11(15)4-7)18-6-9-5-8(16)1-2-17-9/h1-5H,6H2. The van der Waals surface area contributed by atoms with Crippen molar-refractivity contribution in [2.45, 2.75) is 6.61 Å². The summed E-state index contributed by atoms with van der Waals surface area (Å²) < 4.78 is 8.43. The Morgan fingerprint density at radius 1 is 1.11 bits per heavy atom. The van der Waals surface area contributed by atoms with E-state index in [4.69, 9.17) is 16.3 Å². The fraction of sp³-hybridized carbons (Fsp3) is 0.0833. The average Bonchev–Trinajstić information content (AvgIpc) is 2.27. The van der Waals surface area contributed by atoms with Gasteiger partial charge in [-0.1, -0.05) is 27.5 Å². The summed E-state index contributed by atoms with van der Waals surface area (Å²) in [6, 6.07) is 7.36. The number of nitrogens with zero attached hydrogens (tertiary/aromatic N) is 1. The van der Waals surface area contributed by atoms with E-state index >= 15 is 0 Å². The Morgan fingerprint density at radius 2 is 1.78 bits per heavy atom. The molecule has 0 spiro atoms. The third-order valence-electron chi connectivity index (χ3n) is 2.11. The van der Waals surface area contributed by atoms with Gasteiger partial charge in [0.05, 0.1) is 14.6 Å². The van der Waals surface area contributed by atoms with Crippen LogP contribution in [-0.4, -0.2) is 4.98 Å². The molecule has 1 heterocycles. The fourth-order valence-electron chi connectivity index (χ4n) is 1.34. The van der Waals surface area contributed by atoms with Crippen LogP contribution in [0.1, 0.15) is 5.69 Å². The lowest BCUT2D eigenvalue weighted by atomic mass is 10.3. The summed E-state index contributed by atoms with van der Waals surface area (Å²) in [5, 5.41) is 0.650. The van der Waals surface area contributed by atoms with Crippen molar-refractivity contribution >= 4 is 59.4 Å². The SMILES string of the molecule is Clc1ccnc(COc2c(Br)cc(Br)cc2Br)c1. The van der Waals surface area contributed by atoms with Gasteiger partial charge in [0.25, 0.3) is 0 Å². The lowest BCUT2D eigenvalue weighted by Crippen LogP contribution is -1.99. The Morgan fingerprint density at radius 3 is 2.39 bits per heavy atom. The predicted molar refractivity (Wildman–Crippen MR) is 83.1 cm³/mol. The van der Waals surface area contributed by atoms with Crippen LogP contribution in [0.3, 0.4) is 0 Å². The molecule has 0 unspecified atom stereocenters. The number of aromatic nitrogens is 1. The number of rotatable bonds is 3. The van der Waals surface area contributed by atoms with Crippen LogP contribution in [0.2, 0.25) is 5.02 Å². The van der Waals surface area contributed by atoms with Crippen LogP contribution in [0.15, 0.2) is 43.9 Å². The molecule has 0 fully saturated rings. The maximum absolute atomic E-state index is 5.89. The van der Waals surface area contributed by atoms with E-state index < -0.39 is 0 Å². The molecule has 1 aromatic heterocycles. The average molecular weight is 456 g/mol. The lowest BCUT2D eigenvalue weighted by molar-refractivity contribution is 0.297. The number of hydrogen-bond donors (Lipinski definition) is 0. The normalized spacial score (nSPS) is 10.4. The Labute approximate surface area is 135 Å². The van der Waals surface area contributed by atoms with Crippen LogP contribution in [0.5, 0.6) is 5.75 Å². The molecule has 0 N–H and O–H groups in total. The Bertz CT molecular complexity index is 554. The second kappa shape index (κ2) is 6.37. The second-order valence-corrected chi connectivity index (χ2v) is 6.51. The van der Waals surface area contributed by atoms with Crippen LogP contribution in [0, 0.1) is 0 Å². The van der Waals surface area contributed by atoms with Crippen molar-refractivity contribution in [1.29, 1.82) is 0 Å². The van der Waals surface area contributed by atoms with Gasteiger partial charge in [0, 0.05) is 15.7 Å². The van der Waals surface area contributed by atoms with Crippen molar-refractivity contribution < 1.29 is 4.74 Å². The van der Waals surface area contributed by atoms with Crippen molar-refractivity contribution in [3.05, 3.63) is 54.6 Å². The second-order valence-electron chi connectivity index (χ2n) is 3.45. The van der Waals surface area contributed by atoms with Gasteiger partial charge >= 0.3 is 0 Å². The highest BCUT2D eigenvalue weighted by Crippen LogP contribution is 2.36. The van der Waals surface area contributed by atoms with Crippen molar-refractivity contribution in [3.8, 4) is 5.75 Å². The first-order valence-corrected chi connectivity index (χ1v) is 7.70. The summed E-state index contributed by atoms with van der Waals surface area (Å²) in [6.07, 6.45) is 1.66. The molecule has 0 aliphatic heterocycles. The van der Waals surface area contributed by atoms with E-state index in [-0.39, 0.29) is 0 Å². The van der Waals surface area contributed by atoms with E-state index in [1.165, 1.54) is 0 Å². The lowest BCUT2D eigenvalue weighted by Gasteiger charge is -2.10. The molecule has 2 nitrogen and oxygen atoms in total. The molecule has 0 radical (unpaired) electrons. The van der Waals surface area contributed by atoms with E-state index in [9.17, 15) is 0 Å². The van der Waals surface area contributed by atoms with E-state index in [0.717, 1.165) is 24.9 Å². The smallest absolute Gasteiger partial charge is 0.148 e. The minimum Gasteiger partial charge on any atom is -0.485 e. The van der Waals surface area contributed by atoms with Crippen LogP contribution < -0.4 is 4.74 Å². The monoisotopic (exact) mass is 453 g/mol. The van der Waals surface area contributed by atoms with Gasteiger partial charge in [0.1, 0.15) is 12.4 Å². The summed E-state index contributed by atoms with van der Waals surface area (Å²) in [4.78, 5) is 4.18. The zero-order valence-electron chi connectivity index (χ0n) is 8.96. The minimum absolute atomic E-state index is 0.361. The molecule has 18 heavy (non-hydrogen) atoms. The third-order valence-corrected chi connectivity index (χ3v) is 3.98. The number of halogens is 4. The van der Waals surface area contributed by atoms with Gasteiger partial charge in [-0.05, 0) is 56.1 Å². The van der Waals surface area contributed by atoms with E-state index in [1.54, 1.807) is 18.3 Å². The molecule has 2 aromatic rings. The van der Waals surface area contributed by atoms with Crippen LogP contribution in [-0.2, 0) is 6.61 Å². The number of hydrogen-bond acceptors (Lipinski definition) is 2. The first kappa shape index (κ1) is 14.3. The first-order valence-electron chi connectivity index (χ1n) is 4.94. The summed E-state index contributed by atoms with van der Waals surface area (Å²) in [6.45, 7) is 0.361. The van der Waals surface area contributed by atoms with E-state index in [0.29, 0.717) is 11.6 Å². The zero-order valence-corrected chi connectivity index (χ0v) is 14.5. The van der Waals surface area contributed by atoms with Gasteiger partial charge < -0.3 is 4.74 Å². The topological polar surface area (TPSA) is 22.1 Å². The quantitative estimate of drug-likeness (QED) is 0.600. The summed E-state index contributed by atoms with van der Waals surface area (Å²) in [5.74, 6) is 0.736. The minimum atomic E-state index is 0.361. The molecular formula is C12H7Br3ClNO. The van der Waals surface area contributed by atoms with Gasteiger partial charge in [0.2, 0.25) is 0 Å². The van der Waals surface area contributed by atoms with E-state index in [2.05, 4.69) is 52.8 Å². The number of ether oxygens (including phenoxy) is 1.